The van der Waals surface area contributed by atoms with Crippen molar-refractivity contribution in [2.45, 2.75) is 83.5 Å². The predicted octanol–water partition coefficient (Wildman–Crippen LogP) is 3.07. The predicted molar refractivity (Wildman–Crippen MR) is 84.9 cm³/mol. The first-order valence-electron chi connectivity index (χ1n) is 9.39. The number of hydrogen-bond donors (Lipinski definition) is 3. The van der Waals surface area contributed by atoms with Gasteiger partial charge in [-0.05, 0) is 79.4 Å². The molecule has 4 aliphatic carbocycles. The molecule has 7 atom stereocenters. The summed E-state index contributed by atoms with van der Waals surface area (Å²) in [6.45, 7) is 4.85. The van der Waals surface area contributed by atoms with Crippen LogP contribution in [0.25, 0.3) is 0 Å². The van der Waals surface area contributed by atoms with Crippen molar-refractivity contribution in [3.8, 4) is 0 Å². The molecule has 3 nitrogen and oxygen atoms in total. The lowest BCUT2D eigenvalue weighted by molar-refractivity contribution is -0.283. The highest BCUT2D eigenvalue weighted by Gasteiger charge is 2.61. The Balaban J connectivity index is 1.64. The average Bonchev–Trinajstić information content (AvgIpc) is 2.82. The van der Waals surface area contributed by atoms with Crippen LogP contribution in [-0.2, 0) is 0 Å². The summed E-state index contributed by atoms with van der Waals surface area (Å²) in [6, 6.07) is 0. The summed E-state index contributed by atoms with van der Waals surface area (Å²) in [7, 11) is 0. The van der Waals surface area contributed by atoms with Crippen molar-refractivity contribution in [1.82, 2.24) is 0 Å². The Morgan fingerprint density at radius 2 is 1.64 bits per heavy atom. The lowest BCUT2D eigenvalue weighted by Crippen LogP contribution is -2.60. The molecule has 0 amide bonds. The van der Waals surface area contributed by atoms with Gasteiger partial charge in [0.1, 0.15) is 6.10 Å². The van der Waals surface area contributed by atoms with Gasteiger partial charge in [-0.3, -0.25) is 0 Å². The zero-order valence-electron chi connectivity index (χ0n) is 14.1. The first-order valence-corrected chi connectivity index (χ1v) is 9.39. The number of aliphatic hydroxyl groups excluding tert-OH is 1. The maximum absolute atomic E-state index is 10.3. The normalized spacial score (nSPS) is 56.9. The summed E-state index contributed by atoms with van der Waals surface area (Å²) >= 11 is 0. The largest absolute Gasteiger partial charge is 0.388 e. The summed E-state index contributed by atoms with van der Waals surface area (Å²) < 4.78 is 0. The molecule has 0 aromatic heterocycles. The SMILES string of the molecule is C[C@@]12CCC[C@H]1[C@@H]1CC[C@H]3CC(O)(O)C(O)C[C@]3(C)[C@H]1CC2. The standard InChI is InChI=1S/C19H32O3/c1-17-8-3-4-14(17)13-6-5-12-10-19(21,22)16(20)11-18(12,2)15(13)7-9-17/h12-16,20-22H,3-11H2,1-2H3/t12-,13-,14-,15-,16?,17-,18-/m0/s1. The molecule has 0 bridgehead atoms. The smallest absolute Gasteiger partial charge is 0.189 e. The van der Waals surface area contributed by atoms with Crippen molar-refractivity contribution in [2.75, 3.05) is 0 Å². The van der Waals surface area contributed by atoms with Crippen LogP contribution in [0.1, 0.15) is 71.6 Å². The van der Waals surface area contributed by atoms with E-state index in [1.54, 1.807) is 0 Å². The van der Waals surface area contributed by atoms with E-state index in [0.29, 0.717) is 30.1 Å². The third-order valence-corrected chi connectivity index (χ3v) is 8.56. The highest BCUT2D eigenvalue weighted by molar-refractivity contribution is 5.09. The molecule has 4 aliphatic rings. The molecule has 3 N–H and O–H groups in total. The molecule has 4 saturated carbocycles. The average molecular weight is 308 g/mol. The van der Waals surface area contributed by atoms with E-state index in [1.807, 2.05) is 0 Å². The van der Waals surface area contributed by atoms with Crippen LogP contribution in [-0.4, -0.2) is 27.2 Å². The summed E-state index contributed by atoms with van der Waals surface area (Å²) in [6.07, 6.45) is 9.11. The Morgan fingerprint density at radius 1 is 0.864 bits per heavy atom. The Hall–Kier alpha value is -0.120. The van der Waals surface area contributed by atoms with Crippen LogP contribution in [0, 0.1) is 34.5 Å². The Bertz CT molecular complexity index is 462. The molecule has 126 valence electrons. The molecule has 0 aromatic rings. The van der Waals surface area contributed by atoms with E-state index in [4.69, 9.17) is 0 Å². The van der Waals surface area contributed by atoms with Gasteiger partial charge >= 0.3 is 0 Å². The van der Waals surface area contributed by atoms with E-state index in [2.05, 4.69) is 13.8 Å². The molecule has 0 heterocycles. The minimum absolute atomic E-state index is 0.0984. The van der Waals surface area contributed by atoms with Gasteiger partial charge in [0.05, 0.1) is 0 Å². The Labute approximate surface area is 134 Å². The van der Waals surface area contributed by atoms with E-state index in [-0.39, 0.29) is 5.41 Å². The zero-order chi connectivity index (χ0) is 15.8. The fraction of sp³-hybridized carbons (Fsp3) is 1.00. The van der Waals surface area contributed by atoms with Gasteiger partial charge in [-0.25, -0.2) is 0 Å². The van der Waals surface area contributed by atoms with Crippen LogP contribution in [0.5, 0.6) is 0 Å². The molecule has 1 unspecified atom stereocenters. The van der Waals surface area contributed by atoms with E-state index >= 15 is 0 Å². The maximum atomic E-state index is 10.3. The summed E-state index contributed by atoms with van der Waals surface area (Å²) in [5, 5.41) is 30.4. The molecule has 0 spiro atoms. The molecule has 0 saturated heterocycles. The minimum atomic E-state index is -1.87. The lowest BCUT2D eigenvalue weighted by Gasteiger charge is -2.61. The maximum Gasteiger partial charge on any atom is 0.189 e. The number of rotatable bonds is 0. The summed E-state index contributed by atoms with van der Waals surface area (Å²) in [5.74, 6) is 0.842. The number of fused-ring (bicyclic) bond motifs is 5. The van der Waals surface area contributed by atoms with E-state index in [0.717, 1.165) is 18.3 Å². The third-order valence-electron chi connectivity index (χ3n) is 8.56. The van der Waals surface area contributed by atoms with Crippen molar-refractivity contribution >= 4 is 0 Å². The zero-order valence-corrected chi connectivity index (χ0v) is 14.1. The quantitative estimate of drug-likeness (QED) is 0.603. The van der Waals surface area contributed by atoms with Crippen LogP contribution < -0.4 is 0 Å². The fourth-order valence-electron chi connectivity index (χ4n) is 7.26. The van der Waals surface area contributed by atoms with Crippen LogP contribution in [0.4, 0.5) is 0 Å². The van der Waals surface area contributed by atoms with E-state index in [1.165, 1.54) is 38.5 Å². The Kier molecular flexibility index (Phi) is 3.30. The van der Waals surface area contributed by atoms with Crippen LogP contribution in [0.15, 0.2) is 0 Å². The number of hydrogen-bond acceptors (Lipinski definition) is 3. The fourth-order valence-corrected chi connectivity index (χ4v) is 7.26. The molecular weight excluding hydrogens is 276 g/mol. The van der Waals surface area contributed by atoms with Gasteiger partial charge in [0.15, 0.2) is 5.79 Å². The van der Waals surface area contributed by atoms with Gasteiger partial charge < -0.3 is 15.3 Å². The lowest BCUT2D eigenvalue weighted by atomic mass is 9.44. The molecule has 3 heteroatoms. The van der Waals surface area contributed by atoms with Gasteiger partial charge in [-0.15, -0.1) is 0 Å². The summed E-state index contributed by atoms with van der Waals surface area (Å²) in [4.78, 5) is 0. The molecule has 0 aliphatic heterocycles. The first kappa shape index (κ1) is 15.4. The second-order valence-electron chi connectivity index (χ2n) is 9.54. The van der Waals surface area contributed by atoms with Gasteiger partial charge in [0.25, 0.3) is 0 Å². The molecule has 22 heavy (non-hydrogen) atoms. The van der Waals surface area contributed by atoms with Crippen LogP contribution >= 0.6 is 0 Å². The van der Waals surface area contributed by atoms with Gasteiger partial charge in [-0.2, -0.15) is 0 Å². The van der Waals surface area contributed by atoms with Crippen molar-refractivity contribution in [2.24, 2.45) is 34.5 Å². The van der Waals surface area contributed by atoms with Crippen LogP contribution in [0.3, 0.4) is 0 Å². The van der Waals surface area contributed by atoms with Crippen molar-refractivity contribution < 1.29 is 15.3 Å². The topological polar surface area (TPSA) is 60.7 Å². The molecule has 4 fully saturated rings. The van der Waals surface area contributed by atoms with Crippen molar-refractivity contribution in [3.63, 3.8) is 0 Å². The highest BCUT2D eigenvalue weighted by atomic mass is 16.5. The molecule has 0 radical (unpaired) electrons. The van der Waals surface area contributed by atoms with Gasteiger partial charge in [0, 0.05) is 6.42 Å². The van der Waals surface area contributed by atoms with Gasteiger partial charge in [-0.1, -0.05) is 20.3 Å². The van der Waals surface area contributed by atoms with Crippen molar-refractivity contribution in [3.05, 3.63) is 0 Å². The second-order valence-corrected chi connectivity index (χ2v) is 9.54. The molecule has 4 rings (SSSR count). The molecular formula is C19H32O3. The molecule has 0 aromatic carbocycles. The number of aliphatic hydroxyl groups is 3. The van der Waals surface area contributed by atoms with Gasteiger partial charge in [0.2, 0.25) is 0 Å². The van der Waals surface area contributed by atoms with E-state index in [9.17, 15) is 15.3 Å². The Morgan fingerprint density at radius 3 is 2.41 bits per heavy atom. The second kappa shape index (κ2) is 4.70. The monoisotopic (exact) mass is 308 g/mol. The first-order chi connectivity index (χ1) is 10.3. The van der Waals surface area contributed by atoms with E-state index < -0.39 is 11.9 Å². The summed E-state index contributed by atoms with van der Waals surface area (Å²) in [5.41, 5.74) is 0.663. The third kappa shape index (κ3) is 1.98. The highest BCUT2D eigenvalue weighted by Crippen LogP contribution is 2.66. The van der Waals surface area contributed by atoms with Crippen LogP contribution in [0.2, 0.25) is 0 Å². The van der Waals surface area contributed by atoms with Crippen molar-refractivity contribution in [1.29, 1.82) is 0 Å². The minimum Gasteiger partial charge on any atom is -0.388 e.